The quantitative estimate of drug-likeness (QED) is 0.229. The van der Waals surface area contributed by atoms with Gasteiger partial charge in [0.2, 0.25) is 16.0 Å². The number of hydrogen-bond acceptors (Lipinski definition) is 10. The molecule has 0 amide bonds. The number of halogens is 3. The smallest absolute Gasteiger partial charge is 0.365 e. The molecule has 224 valence electrons. The topological polar surface area (TPSA) is 136 Å². The van der Waals surface area contributed by atoms with E-state index in [0.717, 1.165) is 10.6 Å². The normalized spacial score (nSPS) is 12.3. The molecule has 0 aliphatic rings. The van der Waals surface area contributed by atoms with Crippen molar-refractivity contribution < 1.29 is 35.2 Å². The number of rotatable bonds is 14. The molecule has 11 nitrogen and oxygen atoms in total. The van der Waals surface area contributed by atoms with Crippen molar-refractivity contribution in [3.8, 4) is 0 Å². The first-order chi connectivity index (χ1) is 19.3. The summed E-state index contributed by atoms with van der Waals surface area (Å²) in [6.07, 6.45) is -0.449. The maximum absolute atomic E-state index is 13.7. The fourth-order valence-corrected chi connectivity index (χ4v) is 5.65. The molecule has 0 atom stereocenters. The highest BCUT2D eigenvalue weighted by atomic mass is 32.2. The van der Waals surface area contributed by atoms with Crippen LogP contribution in [0.25, 0.3) is 0 Å². The molecule has 0 bridgehead atoms. The summed E-state index contributed by atoms with van der Waals surface area (Å²) in [6, 6.07) is 9.28. The Kier molecular flexibility index (Phi) is 10.7. The first-order valence-electron chi connectivity index (χ1n) is 12.6. The number of nitrogens with one attached hydrogen (secondary N) is 2. The van der Waals surface area contributed by atoms with Crippen LogP contribution in [0.5, 0.6) is 0 Å². The summed E-state index contributed by atoms with van der Waals surface area (Å²) in [5.74, 6) is -0.596. The summed E-state index contributed by atoms with van der Waals surface area (Å²) in [7, 11) is -5.91. The van der Waals surface area contributed by atoms with E-state index in [2.05, 4.69) is 25.6 Å². The Balaban J connectivity index is 1.86. The molecule has 2 aromatic heterocycles. The van der Waals surface area contributed by atoms with Crippen LogP contribution in [0.1, 0.15) is 37.8 Å². The van der Waals surface area contributed by atoms with Crippen LogP contribution in [0, 0.1) is 0 Å². The summed E-state index contributed by atoms with van der Waals surface area (Å²) in [6.45, 7) is 4.06. The first kappa shape index (κ1) is 32.3. The Labute approximate surface area is 237 Å². The molecule has 1 aromatic carbocycles. The van der Waals surface area contributed by atoms with E-state index >= 15 is 0 Å². The van der Waals surface area contributed by atoms with Crippen LogP contribution in [-0.2, 0) is 36.4 Å². The van der Waals surface area contributed by atoms with Gasteiger partial charge >= 0.3 is 13.8 Å². The van der Waals surface area contributed by atoms with Gasteiger partial charge in [-0.2, -0.15) is 18.2 Å². The van der Waals surface area contributed by atoms with E-state index in [9.17, 15) is 26.2 Å². The van der Waals surface area contributed by atoms with Gasteiger partial charge in [-0.05, 0) is 43.2 Å². The summed E-state index contributed by atoms with van der Waals surface area (Å²) < 4.78 is 90.4. The monoisotopic (exact) mass is 616 g/mol. The fourth-order valence-electron chi connectivity index (χ4n) is 3.44. The Hall–Kier alpha value is -3.26. The zero-order valence-corrected chi connectivity index (χ0v) is 24.7. The van der Waals surface area contributed by atoms with Gasteiger partial charge < -0.3 is 19.7 Å². The van der Waals surface area contributed by atoms with E-state index in [0.29, 0.717) is 35.6 Å². The van der Waals surface area contributed by atoms with Crippen molar-refractivity contribution in [2.45, 2.75) is 39.4 Å². The van der Waals surface area contributed by atoms with Crippen LogP contribution in [0.4, 0.5) is 36.4 Å². The molecular weight excluding hydrogens is 584 g/mol. The van der Waals surface area contributed by atoms with Crippen LogP contribution in [0.3, 0.4) is 0 Å². The number of aromatic nitrogens is 3. The Morgan fingerprint density at radius 1 is 1.02 bits per heavy atom. The Bertz CT molecular complexity index is 1460. The summed E-state index contributed by atoms with van der Waals surface area (Å²) in [4.78, 5) is 11.9. The highest BCUT2D eigenvalue weighted by Crippen LogP contribution is 2.47. The number of nitrogens with zero attached hydrogens (tertiary/aromatic N) is 4. The van der Waals surface area contributed by atoms with Gasteiger partial charge in [0.05, 0.1) is 24.8 Å². The third kappa shape index (κ3) is 8.62. The second kappa shape index (κ2) is 13.6. The predicted molar refractivity (Wildman–Crippen MR) is 151 cm³/mol. The van der Waals surface area contributed by atoms with Crippen molar-refractivity contribution in [3.63, 3.8) is 0 Å². The minimum atomic E-state index is -4.76. The molecule has 0 spiro atoms. The molecule has 0 radical (unpaired) electrons. The zero-order chi connectivity index (χ0) is 30.3. The first-order valence-corrected chi connectivity index (χ1v) is 16.0. The van der Waals surface area contributed by atoms with Crippen LogP contribution in [0.2, 0.25) is 0 Å². The number of anilines is 4. The summed E-state index contributed by atoms with van der Waals surface area (Å²) >= 11 is 0. The lowest BCUT2D eigenvalue weighted by atomic mass is 10.2. The Morgan fingerprint density at radius 2 is 1.66 bits per heavy atom. The number of hydrogen-bond donors (Lipinski definition) is 2. The zero-order valence-electron chi connectivity index (χ0n) is 23.0. The molecule has 0 unspecified atom stereocenters. The van der Waals surface area contributed by atoms with E-state index in [1.54, 1.807) is 30.3 Å². The van der Waals surface area contributed by atoms with E-state index < -0.39 is 35.2 Å². The molecule has 41 heavy (non-hydrogen) atoms. The van der Waals surface area contributed by atoms with Crippen molar-refractivity contribution in [2.75, 3.05) is 41.5 Å². The molecule has 0 aliphatic heterocycles. The van der Waals surface area contributed by atoms with Gasteiger partial charge in [-0.25, -0.2) is 18.4 Å². The van der Waals surface area contributed by atoms with E-state index in [4.69, 9.17) is 9.05 Å². The average Bonchev–Trinajstić information content (AvgIpc) is 2.93. The lowest BCUT2D eigenvalue weighted by Crippen LogP contribution is -2.27. The third-order valence-electron chi connectivity index (χ3n) is 5.57. The van der Waals surface area contributed by atoms with Crippen molar-refractivity contribution in [2.24, 2.45) is 0 Å². The Morgan fingerprint density at radius 3 is 2.22 bits per heavy atom. The molecule has 0 saturated carbocycles. The average molecular weight is 617 g/mol. The lowest BCUT2D eigenvalue weighted by molar-refractivity contribution is -0.137. The molecular formula is C25H32F3N6O5PS. The van der Waals surface area contributed by atoms with Gasteiger partial charge in [-0.1, -0.05) is 19.9 Å². The van der Waals surface area contributed by atoms with E-state index in [-0.39, 0.29) is 31.5 Å². The van der Waals surface area contributed by atoms with Gasteiger partial charge in [-0.15, -0.1) is 0 Å². The number of benzene rings is 1. The highest BCUT2D eigenvalue weighted by molar-refractivity contribution is 7.92. The van der Waals surface area contributed by atoms with Gasteiger partial charge in [0, 0.05) is 37.2 Å². The van der Waals surface area contributed by atoms with Crippen molar-refractivity contribution >= 4 is 46.2 Å². The van der Waals surface area contributed by atoms with Crippen molar-refractivity contribution in [1.29, 1.82) is 0 Å². The molecule has 0 aliphatic carbocycles. The SMILES string of the molecule is CCCOP(=O)(OCCC)c1ccc(Nc2ncc(C(F)(F)F)c(NCc3cccnc3N(C)S(C)(=O)=O)n2)cc1. The van der Waals surface area contributed by atoms with Crippen LogP contribution < -0.4 is 20.2 Å². The molecule has 16 heteroatoms. The van der Waals surface area contributed by atoms with Crippen molar-refractivity contribution in [3.05, 3.63) is 59.9 Å². The predicted octanol–water partition coefficient (Wildman–Crippen LogP) is 5.31. The maximum atomic E-state index is 13.7. The number of pyridine rings is 1. The van der Waals surface area contributed by atoms with Gasteiger partial charge in [0.1, 0.15) is 17.2 Å². The van der Waals surface area contributed by atoms with Crippen LogP contribution in [0.15, 0.2) is 48.8 Å². The minimum absolute atomic E-state index is 0.0617. The summed E-state index contributed by atoms with van der Waals surface area (Å²) in [5.41, 5.74) is -0.360. The van der Waals surface area contributed by atoms with Gasteiger partial charge in [-0.3, -0.25) is 8.87 Å². The molecule has 0 saturated heterocycles. The minimum Gasteiger partial charge on any atom is -0.365 e. The molecule has 2 N–H and O–H groups in total. The second-order valence-corrected chi connectivity index (χ2v) is 12.9. The fraction of sp³-hybridized carbons (Fsp3) is 0.400. The second-order valence-electron chi connectivity index (χ2n) is 8.86. The van der Waals surface area contributed by atoms with E-state index in [1.807, 2.05) is 13.8 Å². The lowest BCUT2D eigenvalue weighted by Gasteiger charge is -2.20. The molecule has 3 aromatic rings. The van der Waals surface area contributed by atoms with Gasteiger partial charge in [0.25, 0.3) is 0 Å². The van der Waals surface area contributed by atoms with E-state index in [1.165, 1.54) is 19.3 Å². The van der Waals surface area contributed by atoms with Crippen LogP contribution >= 0.6 is 7.60 Å². The largest absolute Gasteiger partial charge is 0.421 e. The molecule has 0 fully saturated rings. The number of alkyl halides is 3. The third-order valence-corrected chi connectivity index (χ3v) is 8.72. The molecule has 3 rings (SSSR count). The van der Waals surface area contributed by atoms with Crippen LogP contribution in [-0.4, -0.2) is 49.9 Å². The van der Waals surface area contributed by atoms with Gasteiger partial charge in [0.15, 0.2) is 0 Å². The van der Waals surface area contributed by atoms with Crippen molar-refractivity contribution in [1.82, 2.24) is 15.0 Å². The summed E-state index contributed by atoms with van der Waals surface area (Å²) in [5, 5.41) is 5.81. The molecule has 2 heterocycles. The highest BCUT2D eigenvalue weighted by Gasteiger charge is 2.35. The standard InChI is InChI=1S/C25H32F3N6O5PS/c1-5-14-38-40(35,39-15-6-2)20-11-9-19(10-12-20)32-24-31-17-21(25(26,27)28)22(33-24)30-16-18-8-7-13-29-23(18)34(3)41(4,36)37/h7-13,17H,5-6,14-16H2,1-4H3,(H2,30,31,32,33). The maximum Gasteiger partial charge on any atom is 0.421 e. The number of sulfonamides is 1.